The molecule has 0 aliphatic carbocycles. The van der Waals surface area contributed by atoms with E-state index in [2.05, 4.69) is 15.9 Å². The maximum absolute atomic E-state index is 11.6. The highest BCUT2D eigenvalue weighted by molar-refractivity contribution is 9.10. The van der Waals surface area contributed by atoms with E-state index >= 15 is 0 Å². The number of ether oxygens (including phenoxy) is 1. The smallest absolute Gasteiger partial charge is 0.311 e. The molecular weight excluding hydrogens is 348 g/mol. The summed E-state index contributed by atoms with van der Waals surface area (Å²) in [5.41, 5.74) is -0.503. The van der Waals surface area contributed by atoms with Crippen LogP contribution in [0.4, 0.5) is 0 Å². The Bertz CT molecular complexity index is 640. The summed E-state index contributed by atoms with van der Waals surface area (Å²) >= 11 is 3.37. The summed E-state index contributed by atoms with van der Waals surface area (Å²) < 4.78 is 29.2. The molecule has 1 aromatic carbocycles. The molecule has 1 aromatic rings. The van der Waals surface area contributed by atoms with Gasteiger partial charge in [-0.3, -0.25) is 4.79 Å². The van der Waals surface area contributed by atoms with Crippen LogP contribution in [0.2, 0.25) is 0 Å². The highest BCUT2D eigenvalue weighted by Gasteiger charge is 2.48. The van der Waals surface area contributed by atoms with Gasteiger partial charge in [0.05, 0.1) is 24.0 Å². The van der Waals surface area contributed by atoms with E-state index in [1.807, 2.05) is 0 Å². The van der Waals surface area contributed by atoms with E-state index in [-0.39, 0.29) is 24.3 Å². The minimum atomic E-state index is -3.27. The summed E-state index contributed by atoms with van der Waals surface area (Å²) in [6.07, 6.45) is 0.313. The van der Waals surface area contributed by atoms with Crippen LogP contribution in [-0.2, 0) is 21.1 Å². The molecule has 1 heterocycles. The van der Waals surface area contributed by atoms with Crippen LogP contribution in [0.25, 0.3) is 0 Å². The lowest BCUT2D eigenvalue weighted by Gasteiger charge is -2.23. The van der Waals surface area contributed by atoms with Gasteiger partial charge in [-0.05, 0) is 36.6 Å². The van der Waals surface area contributed by atoms with E-state index in [0.29, 0.717) is 5.75 Å². The molecule has 1 fully saturated rings. The van der Waals surface area contributed by atoms with Gasteiger partial charge in [0.15, 0.2) is 9.84 Å². The van der Waals surface area contributed by atoms with Crippen molar-refractivity contribution >= 4 is 31.7 Å². The van der Waals surface area contributed by atoms with Gasteiger partial charge >= 0.3 is 5.97 Å². The van der Waals surface area contributed by atoms with E-state index in [9.17, 15) is 18.3 Å². The van der Waals surface area contributed by atoms with E-state index in [1.165, 1.54) is 7.11 Å². The molecule has 1 aliphatic rings. The number of rotatable bonds is 4. The van der Waals surface area contributed by atoms with Crippen LogP contribution in [0.3, 0.4) is 0 Å². The van der Waals surface area contributed by atoms with Crippen molar-refractivity contribution in [2.45, 2.75) is 12.8 Å². The maximum atomic E-state index is 11.6. The molecule has 2 rings (SSSR count). The average molecular weight is 363 g/mol. The van der Waals surface area contributed by atoms with Crippen molar-refractivity contribution in [2.75, 3.05) is 18.6 Å². The van der Waals surface area contributed by atoms with Crippen LogP contribution >= 0.6 is 15.9 Å². The molecule has 0 spiro atoms. The van der Waals surface area contributed by atoms with Crippen LogP contribution in [0, 0.1) is 5.41 Å². The SMILES string of the molecule is COc1ccc(Br)c(CC2(C(=O)O)CCS(=O)(=O)C2)c1. The zero-order valence-corrected chi connectivity index (χ0v) is 13.3. The summed E-state index contributed by atoms with van der Waals surface area (Å²) in [4.78, 5) is 11.6. The Kier molecular flexibility index (Phi) is 4.11. The molecule has 20 heavy (non-hydrogen) atoms. The number of carbonyl (C=O) groups is 1. The highest BCUT2D eigenvalue weighted by atomic mass is 79.9. The summed E-state index contributed by atoms with van der Waals surface area (Å²) in [5.74, 6) is -0.822. The van der Waals surface area contributed by atoms with Crippen molar-refractivity contribution in [3.63, 3.8) is 0 Å². The van der Waals surface area contributed by atoms with Gasteiger partial charge < -0.3 is 9.84 Å². The number of carboxylic acids is 1. The number of methoxy groups -OCH3 is 1. The van der Waals surface area contributed by atoms with Gasteiger partial charge in [-0.25, -0.2) is 8.42 Å². The standard InChI is InChI=1S/C13H15BrO5S/c1-19-10-2-3-11(14)9(6-10)7-13(12(15)16)4-5-20(17,18)8-13/h2-3,6H,4-5,7-8H2,1H3,(H,15,16). The molecule has 7 heteroatoms. The lowest BCUT2D eigenvalue weighted by Crippen LogP contribution is -2.34. The molecule has 0 saturated carbocycles. The Labute approximate surface area is 126 Å². The summed E-state index contributed by atoms with van der Waals surface area (Å²) in [7, 11) is -1.75. The quantitative estimate of drug-likeness (QED) is 0.884. The van der Waals surface area contributed by atoms with Crippen molar-refractivity contribution in [1.82, 2.24) is 0 Å². The minimum absolute atomic E-state index is 0.0686. The van der Waals surface area contributed by atoms with Crippen LogP contribution in [0.15, 0.2) is 22.7 Å². The number of aliphatic carboxylic acids is 1. The third-order valence-corrected chi connectivity index (χ3v) is 6.22. The van der Waals surface area contributed by atoms with Gasteiger partial charge in [0, 0.05) is 4.47 Å². The zero-order chi connectivity index (χ0) is 15.0. The fourth-order valence-electron chi connectivity index (χ4n) is 2.48. The fraction of sp³-hybridized carbons (Fsp3) is 0.462. The van der Waals surface area contributed by atoms with Crippen LogP contribution in [0.5, 0.6) is 5.75 Å². The molecule has 0 bridgehead atoms. The Balaban J connectivity index is 2.37. The lowest BCUT2D eigenvalue weighted by atomic mass is 9.81. The maximum Gasteiger partial charge on any atom is 0.311 e. The number of carboxylic acid groups (broad SMARTS) is 1. The van der Waals surface area contributed by atoms with Gasteiger partial charge in [-0.15, -0.1) is 0 Å². The zero-order valence-electron chi connectivity index (χ0n) is 10.9. The second kappa shape index (κ2) is 5.37. The third kappa shape index (κ3) is 2.98. The molecule has 1 N–H and O–H groups in total. The Morgan fingerprint density at radius 3 is 2.70 bits per heavy atom. The van der Waals surface area contributed by atoms with Crippen molar-refractivity contribution in [1.29, 1.82) is 0 Å². The summed E-state index contributed by atoms with van der Waals surface area (Å²) in [6.45, 7) is 0. The molecule has 1 saturated heterocycles. The van der Waals surface area contributed by atoms with Crippen molar-refractivity contribution in [3.05, 3.63) is 28.2 Å². The normalized spacial score (nSPS) is 24.5. The summed E-state index contributed by atoms with van der Waals surface area (Å²) in [6, 6.07) is 5.26. The van der Waals surface area contributed by atoms with Crippen LogP contribution < -0.4 is 4.74 Å². The second-order valence-corrected chi connectivity index (χ2v) is 8.10. The first kappa shape index (κ1) is 15.3. The van der Waals surface area contributed by atoms with E-state index in [0.717, 1.165) is 10.0 Å². The molecule has 0 amide bonds. The van der Waals surface area contributed by atoms with Gasteiger partial charge in [-0.2, -0.15) is 0 Å². The monoisotopic (exact) mass is 362 g/mol. The molecule has 0 radical (unpaired) electrons. The minimum Gasteiger partial charge on any atom is -0.497 e. The predicted molar refractivity (Wildman–Crippen MR) is 77.7 cm³/mol. The molecular formula is C13H15BrO5S. The fourth-order valence-corrected chi connectivity index (χ4v) is 4.92. The molecule has 1 atom stereocenters. The molecule has 1 aliphatic heterocycles. The molecule has 1 unspecified atom stereocenters. The topological polar surface area (TPSA) is 80.7 Å². The lowest BCUT2D eigenvalue weighted by molar-refractivity contribution is -0.147. The number of benzene rings is 1. The van der Waals surface area contributed by atoms with Gasteiger partial charge in [-0.1, -0.05) is 15.9 Å². The van der Waals surface area contributed by atoms with Crippen LogP contribution in [-0.4, -0.2) is 38.1 Å². The average Bonchev–Trinajstić information content (AvgIpc) is 2.69. The Morgan fingerprint density at radius 2 is 2.20 bits per heavy atom. The second-order valence-electron chi connectivity index (χ2n) is 5.06. The largest absolute Gasteiger partial charge is 0.497 e. The summed E-state index contributed by atoms with van der Waals surface area (Å²) in [5, 5.41) is 9.46. The van der Waals surface area contributed by atoms with Crippen molar-refractivity contribution in [3.8, 4) is 5.75 Å². The van der Waals surface area contributed by atoms with Crippen molar-refractivity contribution in [2.24, 2.45) is 5.41 Å². The number of hydrogen-bond donors (Lipinski definition) is 1. The highest BCUT2D eigenvalue weighted by Crippen LogP contribution is 2.38. The van der Waals surface area contributed by atoms with Gasteiger partial charge in [0.1, 0.15) is 5.75 Å². The molecule has 5 nitrogen and oxygen atoms in total. The van der Waals surface area contributed by atoms with Gasteiger partial charge in [0.25, 0.3) is 0 Å². The number of sulfone groups is 1. The van der Waals surface area contributed by atoms with Crippen LogP contribution in [0.1, 0.15) is 12.0 Å². The molecule has 110 valence electrons. The Morgan fingerprint density at radius 1 is 1.50 bits per heavy atom. The predicted octanol–water partition coefficient (Wildman–Crippen LogP) is 1.89. The first-order chi connectivity index (χ1) is 9.28. The Hall–Kier alpha value is -1.08. The number of halogens is 1. The molecule has 0 aromatic heterocycles. The van der Waals surface area contributed by atoms with E-state index in [4.69, 9.17) is 4.74 Å². The van der Waals surface area contributed by atoms with Gasteiger partial charge in [0.2, 0.25) is 0 Å². The third-order valence-electron chi connectivity index (χ3n) is 3.62. The van der Waals surface area contributed by atoms with Crippen molar-refractivity contribution < 1.29 is 23.1 Å². The van der Waals surface area contributed by atoms with E-state index in [1.54, 1.807) is 18.2 Å². The first-order valence-corrected chi connectivity index (χ1v) is 8.66. The number of hydrogen-bond acceptors (Lipinski definition) is 4. The van der Waals surface area contributed by atoms with E-state index < -0.39 is 21.2 Å². The first-order valence-electron chi connectivity index (χ1n) is 6.04.